The molecule has 23 heavy (non-hydrogen) atoms. The molecule has 120 valence electrons. The molecule has 3 aromatic rings. The van der Waals surface area contributed by atoms with Gasteiger partial charge in [-0.3, -0.25) is 9.55 Å². The lowest BCUT2D eigenvalue weighted by molar-refractivity contribution is 0.397. The average Bonchev–Trinajstić information content (AvgIpc) is 2.84. The van der Waals surface area contributed by atoms with E-state index >= 15 is 0 Å². The second kappa shape index (κ2) is 6.54. The molecule has 0 aromatic carbocycles. The summed E-state index contributed by atoms with van der Waals surface area (Å²) in [5, 5.41) is 10.7. The summed E-state index contributed by atoms with van der Waals surface area (Å²) in [7, 11) is 0. The van der Waals surface area contributed by atoms with Crippen LogP contribution < -0.4 is 0 Å². The third-order valence-electron chi connectivity index (χ3n) is 3.88. The maximum absolute atomic E-state index is 10.2. The molecule has 0 amide bonds. The van der Waals surface area contributed by atoms with Crippen molar-refractivity contribution in [1.29, 1.82) is 0 Å². The summed E-state index contributed by atoms with van der Waals surface area (Å²) in [5.41, 5.74) is 3.98. The molecule has 6 heteroatoms. The second-order valence-electron chi connectivity index (χ2n) is 5.61. The van der Waals surface area contributed by atoms with Gasteiger partial charge in [-0.25, -0.2) is 4.98 Å². The number of hydrogen-bond acceptors (Lipinski definition) is 4. The van der Waals surface area contributed by atoms with E-state index in [-0.39, 0.29) is 6.01 Å². The molecule has 1 N–H and O–H groups in total. The minimum absolute atomic E-state index is 0.0158. The summed E-state index contributed by atoms with van der Waals surface area (Å²) in [6.07, 6.45) is 6.51. The first kappa shape index (κ1) is 15.7. The molecular weight excluding hydrogens is 312 g/mol. The fraction of sp³-hybridized carbons (Fsp3) is 0.353. The van der Waals surface area contributed by atoms with Crippen LogP contribution >= 0.6 is 11.6 Å². The predicted octanol–water partition coefficient (Wildman–Crippen LogP) is 4.35. The highest BCUT2D eigenvalue weighted by Gasteiger charge is 2.18. The predicted molar refractivity (Wildman–Crippen MR) is 91.7 cm³/mol. The maximum atomic E-state index is 10.2. The number of imidazole rings is 1. The molecule has 0 aliphatic carbocycles. The molecule has 0 radical (unpaired) electrons. The molecule has 0 aliphatic rings. The van der Waals surface area contributed by atoms with Gasteiger partial charge in [0.2, 0.25) is 0 Å². The monoisotopic (exact) mass is 330 g/mol. The Bertz CT molecular complexity index is 844. The number of aromatic hydroxyl groups is 1. The van der Waals surface area contributed by atoms with Gasteiger partial charge in [-0.15, -0.1) is 0 Å². The summed E-state index contributed by atoms with van der Waals surface area (Å²) in [6, 6.07) is 3.87. The van der Waals surface area contributed by atoms with E-state index in [1.54, 1.807) is 17.0 Å². The van der Waals surface area contributed by atoms with E-state index in [1.807, 2.05) is 19.1 Å². The summed E-state index contributed by atoms with van der Waals surface area (Å²) in [5.74, 6) is 0. The minimum Gasteiger partial charge on any atom is -0.480 e. The average molecular weight is 331 g/mol. The molecule has 0 saturated heterocycles. The molecule has 3 rings (SSSR count). The van der Waals surface area contributed by atoms with Gasteiger partial charge in [0.25, 0.3) is 6.01 Å². The van der Waals surface area contributed by atoms with E-state index < -0.39 is 0 Å². The number of pyridine rings is 2. The lowest BCUT2D eigenvalue weighted by Crippen LogP contribution is -1.99. The molecular formula is C17H19ClN4O. The Morgan fingerprint density at radius 3 is 2.83 bits per heavy atom. The zero-order chi connectivity index (χ0) is 16.4. The van der Waals surface area contributed by atoms with E-state index in [9.17, 15) is 5.11 Å². The van der Waals surface area contributed by atoms with Gasteiger partial charge in [0.15, 0.2) is 5.65 Å². The molecule has 0 unspecified atom stereocenters. The Labute approximate surface area is 140 Å². The van der Waals surface area contributed by atoms with Crippen LogP contribution in [0.4, 0.5) is 0 Å². The lowest BCUT2D eigenvalue weighted by atomic mass is 10.1. The molecule has 0 fully saturated rings. The van der Waals surface area contributed by atoms with Gasteiger partial charge in [-0.1, -0.05) is 31.4 Å². The van der Waals surface area contributed by atoms with Crippen LogP contribution in [0.25, 0.3) is 22.3 Å². The van der Waals surface area contributed by atoms with Crippen LogP contribution in [-0.4, -0.2) is 24.6 Å². The van der Waals surface area contributed by atoms with Gasteiger partial charge in [-0.2, -0.15) is 4.98 Å². The van der Waals surface area contributed by atoms with Crippen LogP contribution in [0.15, 0.2) is 24.5 Å². The van der Waals surface area contributed by atoms with E-state index in [0.717, 1.165) is 41.6 Å². The number of hydrogen-bond donors (Lipinski definition) is 1. The van der Waals surface area contributed by atoms with Gasteiger partial charge >= 0.3 is 0 Å². The number of rotatable bonds is 5. The van der Waals surface area contributed by atoms with Gasteiger partial charge in [-0.05, 0) is 31.0 Å². The zero-order valence-electron chi connectivity index (χ0n) is 13.3. The zero-order valence-corrected chi connectivity index (χ0v) is 14.0. The van der Waals surface area contributed by atoms with Crippen molar-refractivity contribution in [1.82, 2.24) is 19.5 Å². The smallest absolute Gasteiger partial charge is 0.296 e. The highest BCUT2D eigenvalue weighted by molar-refractivity contribution is 6.34. The SMILES string of the molecule is CCCCCn1c(O)nc2ncc(Cl)c(-c3ccnc(C)c3)c21. The lowest BCUT2D eigenvalue weighted by Gasteiger charge is -2.11. The summed E-state index contributed by atoms with van der Waals surface area (Å²) in [6.45, 7) is 4.77. The van der Waals surface area contributed by atoms with Gasteiger partial charge < -0.3 is 5.11 Å². The normalized spacial score (nSPS) is 11.3. The van der Waals surface area contributed by atoms with E-state index in [0.29, 0.717) is 17.2 Å². The first-order valence-corrected chi connectivity index (χ1v) is 8.16. The Morgan fingerprint density at radius 2 is 2.09 bits per heavy atom. The molecule has 0 saturated carbocycles. The first-order valence-electron chi connectivity index (χ1n) is 7.78. The number of halogens is 1. The minimum atomic E-state index is -0.0158. The van der Waals surface area contributed by atoms with Gasteiger partial charge in [0, 0.05) is 30.2 Å². The van der Waals surface area contributed by atoms with Crippen molar-refractivity contribution in [2.75, 3.05) is 0 Å². The fourth-order valence-corrected chi connectivity index (χ4v) is 3.02. The highest BCUT2D eigenvalue weighted by atomic mass is 35.5. The number of nitrogens with zero attached hydrogens (tertiary/aromatic N) is 4. The van der Waals surface area contributed by atoms with Crippen LogP contribution in [0, 0.1) is 6.92 Å². The van der Waals surface area contributed by atoms with Crippen LogP contribution in [-0.2, 0) is 6.54 Å². The van der Waals surface area contributed by atoms with Crippen molar-refractivity contribution in [3.8, 4) is 17.1 Å². The third-order valence-corrected chi connectivity index (χ3v) is 4.16. The van der Waals surface area contributed by atoms with Crippen LogP contribution in [0.1, 0.15) is 31.9 Å². The first-order chi connectivity index (χ1) is 11.1. The summed E-state index contributed by atoms with van der Waals surface area (Å²) >= 11 is 6.43. The van der Waals surface area contributed by atoms with E-state index in [4.69, 9.17) is 11.6 Å². The van der Waals surface area contributed by atoms with Crippen LogP contribution in [0.2, 0.25) is 5.02 Å². The maximum Gasteiger partial charge on any atom is 0.296 e. The molecule has 0 aliphatic heterocycles. The number of aryl methyl sites for hydroxylation is 2. The molecule has 3 aromatic heterocycles. The molecule has 0 bridgehead atoms. The van der Waals surface area contributed by atoms with Crippen molar-refractivity contribution < 1.29 is 5.11 Å². The summed E-state index contributed by atoms with van der Waals surface area (Å²) < 4.78 is 1.80. The highest BCUT2D eigenvalue weighted by Crippen LogP contribution is 2.36. The Morgan fingerprint density at radius 1 is 1.26 bits per heavy atom. The Hall–Kier alpha value is -2.14. The number of aromatic nitrogens is 4. The number of unbranched alkanes of at least 4 members (excludes halogenated alkanes) is 2. The largest absolute Gasteiger partial charge is 0.480 e. The van der Waals surface area contributed by atoms with Gasteiger partial charge in [0.05, 0.1) is 10.5 Å². The van der Waals surface area contributed by atoms with Crippen molar-refractivity contribution >= 4 is 22.8 Å². The van der Waals surface area contributed by atoms with Crippen molar-refractivity contribution in [3.05, 3.63) is 35.2 Å². The quantitative estimate of drug-likeness (QED) is 0.706. The fourth-order valence-electron chi connectivity index (χ4n) is 2.77. The van der Waals surface area contributed by atoms with Crippen molar-refractivity contribution in [2.45, 2.75) is 39.7 Å². The third kappa shape index (κ3) is 3.01. The standard InChI is InChI=1S/C17H19ClN4O/c1-3-4-5-8-22-15-14(12-6-7-19-11(2)9-12)13(18)10-20-16(15)21-17(22)23/h6-7,9-10H,3-5,8H2,1-2H3,(H,20,21,23). The second-order valence-corrected chi connectivity index (χ2v) is 6.02. The van der Waals surface area contributed by atoms with E-state index in [1.165, 1.54) is 0 Å². The van der Waals surface area contributed by atoms with Crippen molar-refractivity contribution in [2.24, 2.45) is 0 Å². The topological polar surface area (TPSA) is 63.8 Å². The summed E-state index contributed by atoms with van der Waals surface area (Å²) in [4.78, 5) is 12.7. The van der Waals surface area contributed by atoms with Gasteiger partial charge in [0.1, 0.15) is 0 Å². The number of fused-ring (bicyclic) bond motifs is 1. The molecule has 5 nitrogen and oxygen atoms in total. The van der Waals surface area contributed by atoms with Crippen LogP contribution in [0.3, 0.4) is 0 Å². The van der Waals surface area contributed by atoms with E-state index in [2.05, 4.69) is 21.9 Å². The molecule has 0 atom stereocenters. The van der Waals surface area contributed by atoms with Crippen LogP contribution in [0.5, 0.6) is 6.01 Å². The molecule has 3 heterocycles. The van der Waals surface area contributed by atoms with Crippen molar-refractivity contribution in [3.63, 3.8) is 0 Å². The molecule has 0 spiro atoms. The Balaban J connectivity index is 2.21. The Kier molecular flexibility index (Phi) is 4.48.